The van der Waals surface area contributed by atoms with Crippen molar-refractivity contribution in [1.82, 2.24) is 20.0 Å². The Labute approximate surface area is 188 Å². The molecule has 1 fully saturated rings. The second kappa shape index (κ2) is 8.73. The van der Waals surface area contributed by atoms with Crippen LogP contribution in [0, 0.1) is 6.92 Å². The van der Waals surface area contributed by atoms with Crippen molar-refractivity contribution in [3.63, 3.8) is 0 Å². The molecule has 0 radical (unpaired) electrons. The molecule has 0 N–H and O–H groups in total. The number of hydrogen-bond donors (Lipinski definition) is 0. The molecule has 0 aliphatic carbocycles. The van der Waals surface area contributed by atoms with Crippen LogP contribution in [-0.4, -0.2) is 46.1 Å². The molecule has 2 aromatic heterocycles. The van der Waals surface area contributed by atoms with E-state index in [4.69, 9.17) is 14.2 Å². The normalized spacial score (nSPS) is 16.8. The summed E-state index contributed by atoms with van der Waals surface area (Å²) in [5.74, 6) is 2.30. The molecule has 168 valence electrons. The number of nitrogens with zero attached hydrogens (tertiary/aromatic N) is 4. The molecule has 1 aliphatic heterocycles. The van der Waals surface area contributed by atoms with Crippen molar-refractivity contribution in [3.05, 3.63) is 59.3 Å². The number of likely N-dealkylation sites (tertiary alicyclic amines) is 1. The average Bonchev–Trinajstić information content (AvgIpc) is 3.24. The van der Waals surface area contributed by atoms with E-state index in [1.54, 1.807) is 7.11 Å². The molecule has 0 spiro atoms. The van der Waals surface area contributed by atoms with E-state index in [1.165, 1.54) is 0 Å². The summed E-state index contributed by atoms with van der Waals surface area (Å²) in [6, 6.07) is 9.17. The lowest BCUT2D eigenvalue weighted by atomic mass is 9.89. The summed E-state index contributed by atoms with van der Waals surface area (Å²) < 4.78 is 10.8. The van der Waals surface area contributed by atoms with Gasteiger partial charge in [-0.05, 0) is 44.0 Å². The molecule has 1 atom stereocenters. The summed E-state index contributed by atoms with van der Waals surface area (Å²) in [6.07, 6.45) is 3.70. The fraction of sp³-hybridized carbons (Fsp3) is 0.440. The van der Waals surface area contributed by atoms with Crippen molar-refractivity contribution < 1.29 is 14.1 Å². The minimum absolute atomic E-state index is 0.0273. The third-order valence-corrected chi connectivity index (χ3v) is 5.81. The number of benzene rings is 1. The van der Waals surface area contributed by atoms with E-state index in [0.29, 0.717) is 17.9 Å². The van der Waals surface area contributed by atoms with Gasteiger partial charge in [0.15, 0.2) is 5.76 Å². The number of rotatable bonds is 4. The van der Waals surface area contributed by atoms with Gasteiger partial charge in [-0.1, -0.05) is 25.9 Å². The third kappa shape index (κ3) is 4.52. The van der Waals surface area contributed by atoms with Crippen molar-refractivity contribution in [3.8, 4) is 17.1 Å². The van der Waals surface area contributed by atoms with E-state index in [-0.39, 0.29) is 17.2 Å². The first kappa shape index (κ1) is 22.0. The highest BCUT2D eigenvalue weighted by Crippen LogP contribution is 2.35. The first-order valence-electron chi connectivity index (χ1n) is 11.0. The van der Waals surface area contributed by atoms with Gasteiger partial charge in [0.1, 0.15) is 11.6 Å². The van der Waals surface area contributed by atoms with E-state index in [1.807, 2.05) is 48.4 Å². The summed E-state index contributed by atoms with van der Waals surface area (Å²) in [4.78, 5) is 24.7. The van der Waals surface area contributed by atoms with Crippen LogP contribution in [-0.2, 0) is 5.41 Å². The Kier molecular flexibility index (Phi) is 6.00. The van der Waals surface area contributed by atoms with Gasteiger partial charge in [0, 0.05) is 42.2 Å². The van der Waals surface area contributed by atoms with Crippen LogP contribution in [0.4, 0.5) is 0 Å². The number of aromatic nitrogens is 3. The van der Waals surface area contributed by atoms with Crippen LogP contribution < -0.4 is 4.74 Å². The van der Waals surface area contributed by atoms with Crippen LogP contribution >= 0.6 is 0 Å². The highest BCUT2D eigenvalue weighted by Gasteiger charge is 2.30. The van der Waals surface area contributed by atoms with Gasteiger partial charge in [-0.3, -0.25) is 4.79 Å². The predicted molar refractivity (Wildman–Crippen MR) is 122 cm³/mol. The lowest BCUT2D eigenvalue weighted by Gasteiger charge is -2.33. The van der Waals surface area contributed by atoms with Crippen LogP contribution in [0.25, 0.3) is 11.3 Å². The van der Waals surface area contributed by atoms with Gasteiger partial charge >= 0.3 is 0 Å². The molecule has 32 heavy (non-hydrogen) atoms. The molecule has 0 saturated carbocycles. The van der Waals surface area contributed by atoms with Crippen LogP contribution in [0.15, 0.2) is 41.1 Å². The number of amides is 1. The Morgan fingerprint density at radius 3 is 2.59 bits per heavy atom. The van der Waals surface area contributed by atoms with Gasteiger partial charge in [0.25, 0.3) is 5.91 Å². The average molecular weight is 435 g/mol. The lowest BCUT2D eigenvalue weighted by molar-refractivity contribution is 0.0706. The predicted octanol–water partition coefficient (Wildman–Crippen LogP) is 4.77. The number of carbonyl (C=O) groups is 1. The van der Waals surface area contributed by atoms with Crippen LogP contribution in [0.5, 0.6) is 5.75 Å². The molecule has 3 aromatic rings. The quantitative estimate of drug-likeness (QED) is 0.589. The van der Waals surface area contributed by atoms with Crippen molar-refractivity contribution in [2.24, 2.45) is 0 Å². The summed E-state index contributed by atoms with van der Waals surface area (Å²) in [5.41, 5.74) is 3.06. The maximum absolute atomic E-state index is 13.2. The highest BCUT2D eigenvalue weighted by molar-refractivity contribution is 5.94. The van der Waals surface area contributed by atoms with E-state index in [2.05, 4.69) is 30.9 Å². The van der Waals surface area contributed by atoms with Gasteiger partial charge in [-0.2, -0.15) is 0 Å². The van der Waals surface area contributed by atoms with Crippen molar-refractivity contribution in [2.75, 3.05) is 20.2 Å². The third-order valence-electron chi connectivity index (χ3n) is 5.81. The van der Waals surface area contributed by atoms with Gasteiger partial charge in [0.05, 0.1) is 24.1 Å². The lowest BCUT2D eigenvalue weighted by Crippen LogP contribution is -2.39. The summed E-state index contributed by atoms with van der Waals surface area (Å²) in [6.45, 7) is 9.54. The Bertz CT molecular complexity index is 1100. The molecule has 1 aromatic carbocycles. The second-order valence-corrected chi connectivity index (χ2v) is 9.39. The molecule has 4 rings (SSSR count). The fourth-order valence-electron chi connectivity index (χ4n) is 4.05. The molecule has 1 amide bonds. The molecule has 0 bridgehead atoms. The molecule has 7 nitrogen and oxygen atoms in total. The van der Waals surface area contributed by atoms with Crippen molar-refractivity contribution >= 4 is 5.91 Å². The molecule has 1 aliphatic rings. The second-order valence-electron chi connectivity index (χ2n) is 9.39. The zero-order chi connectivity index (χ0) is 22.9. The van der Waals surface area contributed by atoms with E-state index in [9.17, 15) is 4.79 Å². The monoisotopic (exact) mass is 434 g/mol. The topological polar surface area (TPSA) is 81.4 Å². The van der Waals surface area contributed by atoms with E-state index in [0.717, 1.165) is 47.9 Å². The summed E-state index contributed by atoms with van der Waals surface area (Å²) in [5, 5.41) is 4.04. The highest BCUT2D eigenvalue weighted by atomic mass is 16.5. The largest absolute Gasteiger partial charge is 0.497 e. The van der Waals surface area contributed by atoms with Crippen molar-refractivity contribution in [1.29, 1.82) is 0 Å². The van der Waals surface area contributed by atoms with E-state index >= 15 is 0 Å². The van der Waals surface area contributed by atoms with Crippen molar-refractivity contribution in [2.45, 2.75) is 51.9 Å². The Balaban J connectivity index is 1.66. The number of carbonyl (C=O) groups excluding carboxylic acids is 1. The number of methoxy groups -OCH3 is 1. The fourth-order valence-corrected chi connectivity index (χ4v) is 4.05. The van der Waals surface area contributed by atoms with E-state index < -0.39 is 0 Å². The molecule has 3 heterocycles. The minimum atomic E-state index is -0.183. The molecular weight excluding hydrogens is 404 g/mol. The number of aryl methyl sites for hydroxylation is 1. The molecule has 1 unspecified atom stereocenters. The molecule has 1 saturated heterocycles. The smallest absolute Gasteiger partial charge is 0.253 e. The molecular formula is C25H30N4O3. The number of ether oxygens (including phenoxy) is 1. The standard InChI is InChI=1S/C25H30N4O3/c1-16-13-21(32-28-16)20-14-26-24(25(2,3)4)27-22(20)18-7-6-12-29(15-18)23(30)17-8-10-19(31-5)11-9-17/h8-11,13-14,18H,6-7,12,15H2,1-5H3. The Hall–Kier alpha value is -3.22. The van der Waals surface area contributed by atoms with Gasteiger partial charge in [0.2, 0.25) is 0 Å². The zero-order valence-corrected chi connectivity index (χ0v) is 19.4. The van der Waals surface area contributed by atoms with Gasteiger partial charge in [-0.15, -0.1) is 0 Å². The first-order chi connectivity index (χ1) is 15.3. The maximum atomic E-state index is 13.2. The van der Waals surface area contributed by atoms with Crippen LogP contribution in [0.1, 0.15) is 67.1 Å². The number of hydrogen-bond acceptors (Lipinski definition) is 6. The maximum Gasteiger partial charge on any atom is 0.253 e. The Morgan fingerprint density at radius 2 is 1.97 bits per heavy atom. The minimum Gasteiger partial charge on any atom is -0.497 e. The van der Waals surface area contributed by atoms with Gasteiger partial charge < -0.3 is 14.2 Å². The SMILES string of the molecule is COc1ccc(C(=O)N2CCCC(c3nc(C(C)(C)C)ncc3-c3cc(C)no3)C2)cc1. The summed E-state index contributed by atoms with van der Waals surface area (Å²) in [7, 11) is 1.62. The van der Waals surface area contributed by atoms with Crippen LogP contribution in [0.2, 0.25) is 0 Å². The molecule has 7 heteroatoms. The van der Waals surface area contributed by atoms with Gasteiger partial charge in [-0.25, -0.2) is 9.97 Å². The first-order valence-corrected chi connectivity index (χ1v) is 11.0. The number of piperidine rings is 1. The van der Waals surface area contributed by atoms with Crippen LogP contribution in [0.3, 0.4) is 0 Å². The summed E-state index contributed by atoms with van der Waals surface area (Å²) >= 11 is 0. The zero-order valence-electron chi connectivity index (χ0n) is 19.4. The Morgan fingerprint density at radius 1 is 1.22 bits per heavy atom.